The summed E-state index contributed by atoms with van der Waals surface area (Å²) in [6.07, 6.45) is -5.47. The van der Waals surface area contributed by atoms with E-state index in [2.05, 4.69) is 0 Å². The molecular formula is C12H13F3OS2. The Hall–Kier alpha value is -0.330. The van der Waals surface area contributed by atoms with Crippen molar-refractivity contribution in [1.82, 2.24) is 0 Å². The Kier molecular flexibility index (Phi) is 4.50. The van der Waals surface area contributed by atoms with Crippen LogP contribution in [-0.2, 0) is 6.18 Å². The molecule has 0 radical (unpaired) electrons. The maximum absolute atomic E-state index is 12.9. The molecule has 2 atom stereocenters. The molecule has 0 spiro atoms. The van der Waals surface area contributed by atoms with Crippen LogP contribution < -0.4 is 0 Å². The second kappa shape index (κ2) is 5.75. The fourth-order valence-electron chi connectivity index (χ4n) is 1.90. The first kappa shape index (κ1) is 14.1. The molecule has 100 valence electrons. The molecule has 0 saturated carbocycles. The van der Waals surface area contributed by atoms with E-state index >= 15 is 0 Å². The number of alkyl halides is 3. The molecular weight excluding hydrogens is 281 g/mol. The number of thioether (sulfide) groups is 2. The molecule has 1 aromatic rings. The lowest BCUT2D eigenvalue weighted by molar-refractivity contribution is -0.139. The highest BCUT2D eigenvalue weighted by atomic mass is 32.2. The van der Waals surface area contributed by atoms with Gasteiger partial charge in [0.25, 0.3) is 0 Å². The molecule has 2 rings (SSSR count). The van der Waals surface area contributed by atoms with Crippen molar-refractivity contribution < 1.29 is 18.3 Å². The summed E-state index contributed by atoms with van der Waals surface area (Å²) in [5, 5.41) is 10.00. The normalized spacial score (nSPS) is 22.8. The highest BCUT2D eigenvalue weighted by Crippen LogP contribution is 2.39. The number of rotatable bonds is 2. The van der Waals surface area contributed by atoms with E-state index in [1.54, 1.807) is 23.5 Å². The lowest BCUT2D eigenvalue weighted by Gasteiger charge is -2.27. The lowest BCUT2D eigenvalue weighted by Crippen LogP contribution is -2.24. The predicted molar refractivity (Wildman–Crippen MR) is 70.0 cm³/mol. The summed E-state index contributed by atoms with van der Waals surface area (Å²) in [5.41, 5.74) is -0.737. The number of aliphatic hydroxyl groups excluding tert-OH is 1. The molecule has 1 heterocycles. The Morgan fingerprint density at radius 3 is 2.56 bits per heavy atom. The molecule has 0 amide bonds. The Labute approximate surface area is 112 Å². The monoisotopic (exact) mass is 294 g/mol. The molecule has 0 aromatic heterocycles. The van der Waals surface area contributed by atoms with Gasteiger partial charge in [0.05, 0.1) is 11.7 Å². The van der Waals surface area contributed by atoms with E-state index < -0.39 is 17.8 Å². The van der Waals surface area contributed by atoms with Crippen LogP contribution in [0.3, 0.4) is 0 Å². The Morgan fingerprint density at radius 2 is 1.94 bits per heavy atom. The third kappa shape index (κ3) is 3.16. The quantitative estimate of drug-likeness (QED) is 0.900. The average Bonchev–Trinajstić information content (AvgIpc) is 2.38. The summed E-state index contributed by atoms with van der Waals surface area (Å²) >= 11 is 3.22. The maximum Gasteiger partial charge on any atom is 0.416 e. The van der Waals surface area contributed by atoms with Gasteiger partial charge < -0.3 is 5.11 Å². The van der Waals surface area contributed by atoms with E-state index in [-0.39, 0.29) is 10.8 Å². The number of benzene rings is 1. The molecule has 1 aliphatic heterocycles. The van der Waals surface area contributed by atoms with Gasteiger partial charge in [0.1, 0.15) is 0 Å². The van der Waals surface area contributed by atoms with Gasteiger partial charge in [0.2, 0.25) is 0 Å². The molecule has 6 heteroatoms. The Bertz CT molecular complexity index is 403. The van der Waals surface area contributed by atoms with Crippen molar-refractivity contribution in [2.75, 3.05) is 17.3 Å². The fraction of sp³-hybridized carbons (Fsp3) is 0.500. The molecule has 0 bridgehead atoms. The van der Waals surface area contributed by atoms with E-state index in [1.165, 1.54) is 18.2 Å². The van der Waals surface area contributed by atoms with E-state index in [0.717, 1.165) is 17.6 Å². The fourth-order valence-corrected chi connectivity index (χ4v) is 4.64. The molecule has 1 saturated heterocycles. The van der Waals surface area contributed by atoms with Gasteiger partial charge >= 0.3 is 6.18 Å². The molecule has 1 fully saturated rings. The second-order valence-electron chi connectivity index (χ2n) is 4.01. The van der Waals surface area contributed by atoms with E-state index in [1.807, 2.05) is 0 Å². The van der Waals surface area contributed by atoms with E-state index in [9.17, 15) is 18.3 Å². The highest BCUT2D eigenvalue weighted by Gasteiger charge is 2.36. The van der Waals surface area contributed by atoms with Crippen molar-refractivity contribution in [2.45, 2.75) is 17.5 Å². The summed E-state index contributed by atoms with van der Waals surface area (Å²) < 4.78 is 38.6. The van der Waals surface area contributed by atoms with Crippen LogP contribution in [0.1, 0.15) is 17.2 Å². The first-order chi connectivity index (χ1) is 8.50. The number of hydrogen-bond donors (Lipinski definition) is 1. The van der Waals surface area contributed by atoms with Crippen LogP contribution in [0.2, 0.25) is 0 Å². The van der Waals surface area contributed by atoms with Gasteiger partial charge in [-0.05, 0) is 11.6 Å². The molecule has 0 aliphatic carbocycles. The summed E-state index contributed by atoms with van der Waals surface area (Å²) in [4.78, 5) is 0. The van der Waals surface area contributed by atoms with Gasteiger partial charge in [-0.25, -0.2) is 0 Å². The van der Waals surface area contributed by atoms with Gasteiger partial charge in [-0.15, -0.1) is 0 Å². The summed E-state index contributed by atoms with van der Waals surface area (Å²) in [6, 6.07) is 5.28. The maximum atomic E-state index is 12.9. The van der Waals surface area contributed by atoms with Crippen LogP contribution in [0, 0.1) is 0 Å². The van der Waals surface area contributed by atoms with Crippen molar-refractivity contribution in [3.63, 3.8) is 0 Å². The van der Waals surface area contributed by atoms with Gasteiger partial charge in [0.15, 0.2) is 0 Å². The third-order valence-corrected chi connectivity index (χ3v) is 5.63. The average molecular weight is 294 g/mol. The molecule has 2 unspecified atom stereocenters. The SMILES string of the molecule is OC(c1ccccc1C(F)(F)F)C1CSCCS1. The van der Waals surface area contributed by atoms with E-state index in [4.69, 9.17) is 0 Å². The van der Waals surface area contributed by atoms with Crippen molar-refractivity contribution in [3.05, 3.63) is 35.4 Å². The molecule has 18 heavy (non-hydrogen) atoms. The molecule has 1 aromatic carbocycles. The van der Waals surface area contributed by atoms with Crippen LogP contribution in [0.4, 0.5) is 13.2 Å². The van der Waals surface area contributed by atoms with Crippen molar-refractivity contribution in [2.24, 2.45) is 0 Å². The minimum absolute atomic E-state index is 0.00926. The highest BCUT2D eigenvalue weighted by molar-refractivity contribution is 8.06. The summed E-state index contributed by atoms with van der Waals surface area (Å²) in [6.45, 7) is 0. The Morgan fingerprint density at radius 1 is 1.22 bits per heavy atom. The minimum atomic E-state index is -4.41. The van der Waals surface area contributed by atoms with Crippen LogP contribution in [0.15, 0.2) is 24.3 Å². The number of hydrogen-bond acceptors (Lipinski definition) is 3. The molecule has 1 nitrogen and oxygen atoms in total. The topological polar surface area (TPSA) is 20.2 Å². The standard InChI is InChI=1S/C12H13F3OS2/c13-12(14,15)9-4-2-1-3-8(9)11(16)10-7-17-5-6-18-10/h1-4,10-11,16H,5-7H2. The minimum Gasteiger partial charge on any atom is -0.387 e. The van der Waals surface area contributed by atoms with Gasteiger partial charge in [-0.3, -0.25) is 0 Å². The zero-order valence-electron chi connectivity index (χ0n) is 9.48. The lowest BCUT2D eigenvalue weighted by atomic mass is 10.00. The van der Waals surface area contributed by atoms with Crippen LogP contribution in [0.5, 0.6) is 0 Å². The Balaban J connectivity index is 2.26. The van der Waals surface area contributed by atoms with Crippen LogP contribution in [-0.4, -0.2) is 27.6 Å². The van der Waals surface area contributed by atoms with Crippen LogP contribution >= 0.6 is 23.5 Å². The van der Waals surface area contributed by atoms with Crippen LogP contribution in [0.25, 0.3) is 0 Å². The smallest absolute Gasteiger partial charge is 0.387 e. The largest absolute Gasteiger partial charge is 0.416 e. The van der Waals surface area contributed by atoms with Crippen molar-refractivity contribution >= 4 is 23.5 Å². The van der Waals surface area contributed by atoms with Crippen molar-refractivity contribution in [1.29, 1.82) is 0 Å². The summed E-state index contributed by atoms with van der Waals surface area (Å²) in [7, 11) is 0. The predicted octanol–water partition coefficient (Wildman–Crippen LogP) is 3.59. The second-order valence-corrected chi connectivity index (χ2v) is 6.51. The summed E-state index contributed by atoms with van der Waals surface area (Å²) in [5.74, 6) is 2.56. The van der Waals surface area contributed by atoms with Gasteiger partial charge in [-0.2, -0.15) is 36.7 Å². The van der Waals surface area contributed by atoms with E-state index in [0.29, 0.717) is 5.75 Å². The first-order valence-corrected chi connectivity index (χ1v) is 7.74. The zero-order valence-corrected chi connectivity index (χ0v) is 11.1. The third-order valence-electron chi connectivity index (χ3n) is 2.78. The zero-order chi connectivity index (χ0) is 13.2. The van der Waals surface area contributed by atoms with Crippen molar-refractivity contribution in [3.8, 4) is 0 Å². The molecule has 1 aliphatic rings. The number of halogens is 3. The number of aliphatic hydroxyl groups is 1. The first-order valence-electron chi connectivity index (χ1n) is 5.53. The van der Waals surface area contributed by atoms with Gasteiger partial charge in [0, 0.05) is 22.5 Å². The molecule has 1 N–H and O–H groups in total. The van der Waals surface area contributed by atoms with Gasteiger partial charge in [-0.1, -0.05) is 18.2 Å².